The maximum absolute atomic E-state index is 13.4. The van der Waals surface area contributed by atoms with Gasteiger partial charge < -0.3 is 4.42 Å². The second-order valence-electron chi connectivity index (χ2n) is 2.87. The van der Waals surface area contributed by atoms with Crippen molar-refractivity contribution in [2.24, 2.45) is 0 Å². The zero-order valence-electron chi connectivity index (χ0n) is 7.42. The Morgan fingerprint density at radius 1 is 1.43 bits per heavy atom. The van der Waals surface area contributed by atoms with E-state index in [9.17, 15) is 4.39 Å². The summed E-state index contributed by atoms with van der Waals surface area (Å²) >= 11 is 3.27. The van der Waals surface area contributed by atoms with Gasteiger partial charge >= 0.3 is 0 Å². The van der Waals surface area contributed by atoms with Crippen molar-refractivity contribution in [1.29, 1.82) is 0 Å². The van der Waals surface area contributed by atoms with Crippen LogP contribution in [0.15, 0.2) is 33.3 Å². The van der Waals surface area contributed by atoms with E-state index in [1.54, 1.807) is 19.1 Å². The first-order chi connectivity index (χ1) is 6.66. The highest BCUT2D eigenvalue weighted by molar-refractivity contribution is 9.10. The second kappa shape index (κ2) is 3.53. The predicted octanol–water partition coefficient (Wildman–Crippen LogP) is 3.55. The van der Waals surface area contributed by atoms with Gasteiger partial charge in [0.25, 0.3) is 0 Å². The topological polar surface area (TPSA) is 26.0 Å². The summed E-state index contributed by atoms with van der Waals surface area (Å²) in [5.74, 6) is 0.657. The molecule has 1 aromatic carbocycles. The van der Waals surface area contributed by atoms with E-state index in [1.165, 1.54) is 12.3 Å². The van der Waals surface area contributed by atoms with Gasteiger partial charge in [0.2, 0.25) is 0 Å². The number of benzene rings is 1. The van der Waals surface area contributed by atoms with Gasteiger partial charge in [-0.25, -0.2) is 9.37 Å². The predicted molar refractivity (Wildman–Crippen MR) is 54.3 cm³/mol. The van der Waals surface area contributed by atoms with Crippen LogP contribution in [0.3, 0.4) is 0 Å². The number of aryl methyl sites for hydroxylation is 1. The highest BCUT2D eigenvalue weighted by Gasteiger charge is 2.09. The molecule has 72 valence electrons. The molecule has 4 heteroatoms. The van der Waals surface area contributed by atoms with E-state index in [2.05, 4.69) is 20.9 Å². The number of oxazole rings is 1. The molecule has 0 fully saturated rings. The molecule has 2 nitrogen and oxygen atoms in total. The SMILES string of the molecule is Cc1ncc(-c2cc(Br)ccc2F)o1. The highest BCUT2D eigenvalue weighted by Crippen LogP contribution is 2.26. The third-order valence-electron chi connectivity index (χ3n) is 1.82. The van der Waals surface area contributed by atoms with Crippen LogP contribution < -0.4 is 0 Å². The van der Waals surface area contributed by atoms with Crippen molar-refractivity contribution in [1.82, 2.24) is 4.98 Å². The van der Waals surface area contributed by atoms with E-state index in [0.717, 1.165) is 4.47 Å². The minimum Gasteiger partial charge on any atom is -0.441 e. The van der Waals surface area contributed by atoms with Crippen LogP contribution in [0, 0.1) is 12.7 Å². The van der Waals surface area contributed by atoms with Crippen molar-refractivity contribution in [2.75, 3.05) is 0 Å². The number of nitrogens with zero attached hydrogens (tertiary/aromatic N) is 1. The normalized spacial score (nSPS) is 10.5. The van der Waals surface area contributed by atoms with Crippen molar-refractivity contribution >= 4 is 15.9 Å². The zero-order valence-corrected chi connectivity index (χ0v) is 9.01. The van der Waals surface area contributed by atoms with Crippen LogP contribution in [0.5, 0.6) is 0 Å². The minimum atomic E-state index is -0.315. The first-order valence-corrected chi connectivity index (χ1v) is 4.84. The molecule has 1 aromatic heterocycles. The molecule has 0 saturated carbocycles. The Morgan fingerprint density at radius 2 is 2.21 bits per heavy atom. The Labute approximate surface area is 88.9 Å². The molecule has 1 heterocycles. The summed E-state index contributed by atoms with van der Waals surface area (Å²) in [7, 11) is 0. The Kier molecular flexibility index (Phi) is 2.37. The van der Waals surface area contributed by atoms with Gasteiger partial charge in [-0.2, -0.15) is 0 Å². The molecule has 0 saturated heterocycles. The molecule has 2 rings (SSSR count). The van der Waals surface area contributed by atoms with Crippen LogP contribution in [0.2, 0.25) is 0 Å². The molecule has 0 spiro atoms. The molecular weight excluding hydrogens is 249 g/mol. The number of rotatable bonds is 1. The molecule has 0 atom stereocenters. The van der Waals surface area contributed by atoms with Gasteiger partial charge in [0.05, 0.1) is 11.8 Å². The molecule has 0 unspecified atom stereocenters. The fourth-order valence-electron chi connectivity index (χ4n) is 1.17. The fourth-order valence-corrected chi connectivity index (χ4v) is 1.53. The van der Waals surface area contributed by atoms with E-state index in [1.807, 2.05) is 0 Å². The number of aromatic nitrogens is 1. The van der Waals surface area contributed by atoms with Crippen LogP contribution in [0.25, 0.3) is 11.3 Å². The Hall–Kier alpha value is -1.16. The highest BCUT2D eigenvalue weighted by atomic mass is 79.9. The van der Waals surface area contributed by atoms with Crippen LogP contribution >= 0.6 is 15.9 Å². The molecule has 14 heavy (non-hydrogen) atoms. The molecule has 0 amide bonds. The van der Waals surface area contributed by atoms with E-state index in [4.69, 9.17) is 4.42 Å². The van der Waals surface area contributed by atoms with E-state index >= 15 is 0 Å². The summed E-state index contributed by atoms with van der Waals surface area (Å²) in [5, 5.41) is 0. The summed E-state index contributed by atoms with van der Waals surface area (Å²) in [6, 6.07) is 4.69. The van der Waals surface area contributed by atoms with Gasteiger partial charge in [0, 0.05) is 11.4 Å². The lowest BCUT2D eigenvalue weighted by Crippen LogP contribution is -1.81. The van der Waals surface area contributed by atoms with Gasteiger partial charge in [0.1, 0.15) is 5.82 Å². The lowest BCUT2D eigenvalue weighted by atomic mass is 10.2. The molecule has 0 N–H and O–H groups in total. The Bertz CT molecular complexity index is 467. The summed E-state index contributed by atoms with van der Waals surface area (Å²) in [6.07, 6.45) is 1.51. The quantitative estimate of drug-likeness (QED) is 0.779. The second-order valence-corrected chi connectivity index (χ2v) is 3.78. The Morgan fingerprint density at radius 3 is 2.86 bits per heavy atom. The first-order valence-electron chi connectivity index (χ1n) is 4.04. The third-order valence-corrected chi connectivity index (χ3v) is 2.31. The van der Waals surface area contributed by atoms with Gasteiger partial charge in [-0.3, -0.25) is 0 Å². The van der Waals surface area contributed by atoms with E-state index in [-0.39, 0.29) is 5.82 Å². The minimum absolute atomic E-state index is 0.315. The average molecular weight is 256 g/mol. The number of hydrogen-bond acceptors (Lipinski definition) is 2. The van der Waals surface area contributed by atoms with E-state index < -0.39 is 0 Å². The molecule has 2 aromatic rings. The molecule has 0 radical (unpaired) electrons. The monoisotopic (exact) mass is 255 g/mol. The number of halogens is 2. The standard InChI is InChI=1S/C10H7BrFNO/c1-6-13-5-10(14-6)8-4-7(11)2-3-9(8)12/h2-5H,1H3. The number of hydrogen-bond donors (Lipinski definition) is 0. The van der Waals surface area contributed by atoms with Crippen LogP contribution in [0.4, 0.5) is 4.39 Å². The zero-order chi connectivity index (χ0) is 10.1. The van der Waals surface area contributed by atoms with Crippen molar-refractivity contribution in [3.63, 3.8) is 0 Å². The molecule has 0 aliphatic rings. The van der Waals surface area contributed by atoms with Crippen molar-refractivity contribution < 1.29 is 8.81 Å². The molecule has 0 aliphatic heterocycles. The van der Waals surface area contributed by atoms with Crippen LogP contribution in [0.1, 0.15) is 5.89 Å². The van der Waals surface area contributed by atoms with Gasteiger partial charge in [-0.1, -0.05) is 15.9 Å². The summed E-state index contributed by atoms with van der Waals surface area (Å²) < 4.78 is 19.4. The molecule has 0 bridgehead atoms. The average Bonchev–Trinajstić information content (AvgIpc) is 2.56. The smallest absolute Gasteiger partial charge is 0.191 e. The fraction of sp³-hybridized carbons (Fsp3) is 0.100. The van der Waals surface area contributed by atoms with Crippen molar-refractivity contribution in [2.45, 2.75) is 6.92 Å². The summed E-state index contributed by atoms with van der Waals surface area (Å²) in [6.45, 7) is 1.72. The Balaban J connectivity index is 2.55. The lowest BCUT2D eigenvalue weighted by Gasteiger charge is -1.98. The van der Waals surface area contributed by atoms with Gasteiger partial charge in [-0.15, -0.1) is 0 Å². The maximum atomic E-state index is 13.4. The largest absolute Gasteiger partial charge is 0.441 e. The van der Waals surface area contributed by atoms with Crippen molar-refractivity contribution in [3.05, 3.63) is 40.6 Å². The van der Waals surface area contributed by atoms with E-state index in [0.29, 0.717) is 17.2 Å². The van der Waals surface area contributed by atoms with Crippen LogP contribution in [-0.4, -0.2) is 4.98 Å². The van der Waals surface area contributed by atoms with Gasteiger partial charge in [0.15, 0.2) is 11.7 Å². The summed E-state index contributed by atoms with van der Waals surface area (Å²) in [5.41, 5.74) is 0.417. The molecule has 0 aliphatic carbocycles. The van der Waals surface area contributed by atoms with Gasteiger partial charge in [-0.05, 0) is 18.2 Å². The third kappa shape index (κ3) is 1.70. The van der Waals surface area contributed by atoms with Crippen molar-refractivity contribution in [3.8, 4) is 11.3 Å². The van der Waals surface area contributed by atoms with Crippen LogP contribution in [-0.2, 0) is 0 Å². The summed E-state index contributed by atoms with van der Waals surface area (Å²) in [4.78, 5) is 3.92. The molecular formula is C10H7BrFNO. The first kappa shape index (κ1) is 9.40. The maximum Gasteiger partial charge on any atom is 0.191 e. The lowest BCUT2D eigenvalue weighted by molar-refractivity contribution is 0.528.